The van der Waals surface area contributed by atoms with Crippen molar-refractivity contribution in [3.05, 3.63) is 76.3 Å². The number of nitrogens with zero attached hydrogens (tertiary/aromatic N) is 1. The van der Waals surface area contributed by atoms with Crippen LogP contribution in [0.4, 0.5) is 5.69 Å². The summed E-state index contributed by atoms with van der Waals surface area (Å²) in [5.41, 5.74) is 3.12. The average molecular weight is 489 g/mol. The number of benzene rings is 2. The summed E-state index contributed by atoms with van der Waals surface area (Å²) in [7, 11) is 1.77. The summed E-state index contributed by atoms with van der Waals surface area (Å²) >= 11 is 12.0. The molecular formula is C28H39Cl2N3. The van der Waals surface area contributed by atoms with Gasteiger partial charge in [0, 0.05) is 18.3 Å². The highest BCUT2D eigenvalue weighted by atomic mass is 35.5. The zero-order valence-corrected chi connectivity index (χ0v) is 22.0. The van der Waals surface area contributed by atoms with E-state index in [9.17, 15) is 0 Å². The molecule has 33 heavy (non-hydrogen) atoms. The molecular weight excluding hydrogens is 449 g/mol. The van der Waals surface area contributed by atoms with Gasteiger partial charge in [-0.2, -0.15) is 0 Å². The normalized spacial score (nSPS) is 18.4. The summed E-state index contributed by atoms with van der Waals surface area (Å²) < 4.78 is 0. The Kier molecular flexibility index (Phi) is 11.8. The highest BCUT2D eigenvalue weighted by Gasteiger charge is 2.25. The Hall–Kier alpha value is -1.97. The van der Waals surface area contributed by atoms with Crippen LogP contribution in [0.5, 0.6) is 0 Å². The molecule has 0 aromatic heterocycles. The number of allylic oxidation sites excluding steroid dienone is 1. The molecule has 5 heteroatoms. The number of rotatable bonds is 6. The highest BCUT2D eigenvalue weighted by molar-refractivity contribution is 6.42. The van der Waals surface area contributed by atoms with Gasteiger partial charge in [0.2, 0.25) is 0 Å². The van der Waals surface area contributed by atoms with Gasteiger partial charge < -0.3 is 10.6 Å². The van der Waals surface area contributed by atoms with Crippen molar-refractivity contribution in [3.8, 4) is 0 Å². The maximum Gasteiger partial charge on any atom is 0.131 e. The lowest BCUT2D eigenvalue weighted by atomic mass is 10.1. The molecule has 0 bridgehead atoms. The van der Waals surface area contributed by atoms with Crippen molar-refractivity contribution in [3.63, 3.8) is 0 Å². The number of hydrogen-bond acceptors (Lipinski definition) is 2. The second-order valence-corrected chi connectivity index (χ2v) is 9.47. The molecule has 2 unspecified atom stereocenters. The van der Waals surface area contributed by atoms with Crippen molar-refractivity contribution in [2.75, 3.05) is 12.4 Å². The predicted molar refractivity (Wildman–Crippen MR) is 147 cm³/mol. The van der Waals surface area contributed by atoms with Gasteiger partial charge in [0.1, 0.15) is 12.0 Å². The molecule has 1 saturated carbocycles. The number of halogens is 2. The maximum atomic E-state index is 6.09. The van der Waals surface area contributed by atoms with Gasteiger partial charge in [-0.15, -0.1) is 6.58 Å². The standard InChI is InChI=1S/C15H13Cl2N3.C7H12.C6H14/c1-18-15-10-4-2-3-5-13(10)19-14(20-15)9-6-7-11(16)12(17)8-9;1-3-6(2)7-4-5-7;1-3-5-6-4-2/h2-8,14,19H,1H3,(H,18,20);3,6-7H,1,4-5H2,2H3;3-6H2,1-2H3. The van der Waals surface area contributed by atoms with Gasteiger partial charge in [0.05, 0.1) is 10.0 Å². The van der Waals surface area contributed by atoms with Gasteiger partial charge in [0.25, 0.3) is 0 Å². The van der Waals surface area contributed by atoms with Crippen LogP contribution in [-0.2, 0) is 0 Å². The van der Waals surface area contributed by atoms with Crippen molar-refractivity contribution in [2.24, 2.45) is 16.8 Å². The Morgan fingerprint density at radius 3 is 2.21 bits per heavy atom. The van der Waals surface area contributed by atoms with Crippen LogP contribution in [0, 0.1) is 11.8 Å². The van der Waals surface area contributed by atoms with Crippen LogP contribution in [0.1, 0.15) is 76.6 Å². The molecule has 1 heterocycles. The number of nitrogens with one attached hydrogen (secondary N) is 2. The van der Waals surface area contributed by atoms with Gasteiger partial charge in [-0.05, 0) is 54.5 Å². The van der Waals surface area contributed by atoms with Gasteiger partial charge in [0.15, 0.2) is 0 Å². The van der Waals surface area contributed by atoms with Gasteiger partial charge in [-0.3, -0.25) is 4.99 Å². The number of anilines is 1. The van der Waals surface area contributed by atoms with Crippen molar-refractivity contribution in [1.29, 1.82) is 0 Å². The third-order valence-electron chi connectivity index (χ3n) is 5.96. The fourth-order valence-electron chi connectivity index (χ4n) is 3.58. The van der Waals surface area contributed by atoms with E-state index in [2.05, 4.69) is 49.1 Å². The quantitative estimate of drug-likeness (QED) is 0.315. The number of hydrogen-bond donors (Lipinski definition) is 2. The largest absolute Gasteiger partial charge is 0.361 e. The zero-order valence-electron chi connectivity index (χ0n) is 20.5. The van der Waals surface area contributed by atoms with Crippen LogP contribution in [0.3, 0.4) is 0 Å². The summed E-state index contributed by atoms with van der Waals surface area (Å²) in [6.45, 7) is 10.4. The Balaban J connectivity index is 0.000000243. The fraction of sp³-hybridized carbons (Fsp3) is 0.464. The summed E-state index contributed by atoms with van der Waals surface area (Å²) in [5.74, 6) is 2.63. The lowest BCUT2D eigenvalue weighted by Gasteiger charge is -2.30. The first-order valence-corrected chi connectivity index (χ1v) is 12.9. The second-order valence-electron chi connectivity index (χ2n) is 8.65. The first kappa shape index (κ1) is 27.3. The van der Waals surface area contributed by atoms with Gasteiger partial charge in [-0.1, -0.05) is 93.9 Å². The van der Waals surface area contributed by atoms with Crippen molar-refractivity contribution < 1.29 is 0 Å². The lowest BCUT2D eigenvalue weighted by Crippen LogP contribution is -2.39. The molecule has 0 spiro atoms. The first-order valence-electron chi connectivity index (χ1n) is 12.1. The third-order valence-corrected chi connectivity index (χ3v) is 6.70. The van der Waals surface area contributed by atoms with Crippen molar-refractivity contribution >= 4 is 34.7 Å². The second kappa shape index (κ2) is 14.3. The number of para-hydroxylation sites is 1. The zero-order chi connectivity index (χ0) is 24.2. The molecule has 180 valence electrons. The van der Waals surface area contributed by atoms with E-state index in [1.54, 1.807) is 13.1 Å². The molecule has 2 atom stereocenters. The van der Waals surface area contributed by atoms with E-state index in [1.165, 1.54) is 38.5 Å². The maximum absolute atomic E-state index is 6.09. The Labute approximate surface area is 210 Å². The third kappa shape index (κ3) is 8.72. The van der Waals surface area contributed by atoms with Gasteiger partial charge >= 0.3 is 0 Å². The van der Waals surface area contributed by atoms with Crippen LogP contribution < -0.4 is 10.6 Å². The van der Waals surface area contributed by atoms with E-state index in [0.717, 1.165) is 34.5 Å². The monoisotopic (exact) mass is 487 g/mol. The van der Waals surface area contributed by atoms with Crippen LogP contribution in [-0.4, -0.2) is 12.9 Å². The SMILES string of the molecule is C=CC(C)C1CC1.CCCCCC.CN=C1NC(c2ccc(Cl)c(Cl)c2)Nc2ccccc21. The molecule has 3 nitrogen and oxygen atoms in total. The van der Waals surface area contributed by atoms with Crippen LogP contribution in [0.15, 0.2) is 60.1 Å². The molecule has 2 N–H and O–H groups in total. The number of amidine groups is 1. The molecule has 2 aromatic rings. The number of unbranched alkanes of at least 4 members (excludes halogenated alkanes) is 3. The molecule has 4 rings (SSSR count). The van der Waals surface area contributed by atoms with Crippen LogP contribution in [0.25, 0.3) is 0 Å². The summed E-state index contributed by atoms with van der Waals surface area (Å²) in [5, 5.41) is 7.89. The van der Waals surface area contributed by atoms with Crippen molar-refractivity contribution in [1.82, 2.24) is 5.32 Å². The molecule has 0 radical (unpaired) electrons. The minimum absolute atomic E-state index is 0.0848. The molecule has 1 aliphatic heterocycles. The summed E-state index contributed by atoms with van der Waals surface area (Å²) in [6.07, 6.45) is 10.4. The van der Waals surface area contributed by atoms with E-state index >= 15 is 0 Å². The Morgan fingerprint density at radius 2 is 1.70 bits per heavy atom. The van der Waals surface area contributed by atoms with E-state index in [1.807, 2.05) is 36.4 Å². The minimum Gasteiger partial charge on any atom is -0.361 e. The molecule has 0 saturated heterocycles. The van der Waals surface area contributed by atoms with Crippen LogP contribution in [0.2, 0.25) is 10.0 Å². The van der Waals surface area contributed by atoms with E-state index in [0.29, 0.717) is 10.0 Å². The minimum atomic E-state index is -0.0848. The molecule has 2 aliphatic rings. The van der Waals surface area contributed by atoms with E-state index in [-0.39, 0.29) is 6.17 Å². The topological polar surface area (TPSA) is 36.4 Å². The summed E-state index contributed by atoms with van der Waals surface area (Å²) in [4.78, 5) is 4.31. The molecule has 2 aromatic carbocycles. The number of aliphatic imine (C=N–C) groups is 1. The van der Waals surface area contributed by atoms with Crippen molar-refractivity contribution in [2.45, 2.75) is 65.5 Å². The molecule has 1 fully saturated rings. The van der Waals surface area contributed by atoms with Gasteiger partial charge in [-0.25, -0.2) is 0 Å². The van der Waals surface area contributed by atoms with E-state index in [4.69, 9.17) is 23.2 Å². The predicted octanol–water partition coefficient (Wildman–Crippen LogP) is 8.89. The number of fused-ring (bicyclic) bond motifs is 1. The summed E-state index contributed by atoms with van der Waals surface area (Å²) in [6, 6.07) is 13.7. The lowest BCUT2D eigenvalue weighted by molar-refractivity contribution is 0.629. The molecule has 0 amide bonds. The average Bonchev–Trinajstić information content (AvgIpc) is 3.69. The smallest absolute Gasteiger partial charge is 0.131 e. The van der Waals surface area contributed by atoms with E-state index < -0.39 is 0 Å². The molecule has 1 aliphatic carbocycles. The Morgan fingerprint density at radius 1 is 1.03 bits per heavy atom. The fourth-order valence-corrected chi connectivity index (χ4v) is 3.89. The first-order chi connectivity index (χ1) is 15.9. The highest BCUT2D eigenvalue weighted by Crippen LogP contribution is 2.36. The van der Waals surface area contributed by atoms with Crippen LogP contribution >= 0.6 is 23.2 Å². The Bertz CT molecular complexity index is 902.